The molecule has 1 rings (SSSR count). The summed E-state index contributed by atoms with van der Waals surface area (Å²) in [4.78, 5) is 13.7. The first-order valence-corrected chi connectivity index (χ1v) is 6.06. The van der Waals surface area contributed by atoms with Gasteiger partial charge < -0.3 is 10.6 Å². The van der Waals surface area contributed by atoms with Gasteiger partial charge in [-0.15, -0.1) is 0 Å². The Morgan fingerprint density at radius 2 is 1.93 bits per heavy atom. The number of likely N-dealkylation sites (tertiary alicyclic amines) is 1. The van der Waals surface area contributed by atoms with Gasteiger partial charge in [0.15, 0.2) is 0 Å². The third-order valence-electron chi connectivity index (χ3n) is 3.42. The van der Waals surface area contributed by atoms with Crippen LogP contribution in [0.3, 0.4) is 0 Å². The van der Waals surface area contributed by atoms with Crippen LogP contribution in [0, 0.1) is 11.8 Å². The normalized spacial score (nSPS) is 25.1. The van der Waals surface area contributed by atoms with E-state index in [-0.39, 0.29) is 11.9 Å². The molecule has 1 saturated heterocycles. The highest BCUT2D eigenvalue weighted by Crippen LogP contribution is 2.24. The van der Waals surface area contributed by atoms with Crippen molar-refractivity contribution >= 4 is 5.91 Å². The van der Waals surface area contributed by atoms with Gasteiger partial charge in [0, 0.05) is 13.1 Å². The second-order valence-corrected chi connectivity index (χ2v) is 5.05. The zero-order valence-corrected chi connectivity index (χ0v) is 10.2. The lowest BCUT2D eigenvalue weighted by molar-refractivity contribution is -0.132. The molecule has 1 amide bonds. The minimum absolute atomic E-state index is 0.111. The van der Waals surface area contributed by atoms with Gasteiger partial charge in [0.1, 0.15) is 0 Å². The summed E-state index contributed by atoms with van der Waals surface area (Å²) in [5.74, 6) is 1.62. The Morgan fingerprint density at radius 1 is 1.27 bits per heavy atom. The standard InChI is InChI=1S/C12H24N2O/c1-9(2)11-5-4-7-14(8-6-11)12(15)10(3)13/h9-11H,4-8,13H2,1-3H3/t10-,11?/m0/s1. The Labute approximate surface area is 93.0 Å². The topological polar surface area (TPSA) is 46.3 Å². The molecule has 1 aliphatic heterocycles. The van der Waals surface area contributed by atoms with Crippen molar-refractivity contribution in [2.24, 2.45) is 17.6 Å². The van der Waals surface area contributed by atoms with E-state index in [1.165, 1.54) is 6.42 Å². The number of nitrogens with two attached hydrogens (primary N) is 1. The molecule has 0 aromatic heterocycles. The maximum absolute atomic E-state index is 11.7. The highest BCUT2D eigenvalue weighted by molar-refractivity contribution is 5.81. The fourth-order valence-electron chi connectivity index (χ4n) is 2.30. The number of rotatable bonds is 2. The Kier molecular flexibility index (Phi) is 4.58. The molecule has 2 atom stereocenters. The number of hydrogen-bond donors (Lipinski definition) is 1. The van der Waals surface area contributed by atoms with Gasteiger partial charge in [-0.25, -0.2) is 0 Å². The zero-order chi connectivity index (χ0) is 11.4. The van der Waals surface area contributed by atoms with Crippen LogP contribution in [0.4, 0.5) is 0 Å². The van der Waals surface area contributed by atoms with E-state index in [0.29, 0.717) is 0 Å². The molecule has 0 aromatic carbocycles. The summed E-state index contributed by atoms with van der Waals surface area (Å²) in [7, 11) is 0. The number of amides is 1. The molecule has 0 spiro atoms. The van der Waals surface area contributed by atoms with E-state index in [4.69, 9.17) is 5.73 Å². The monoisotopic (exact) mass is 212 g/mol. The molecule has 0 aromatic rings. The van der Waals surface area contributed by atoms with Crippen LogP contribution in [0.1, 0.15) is 40.0 Å². The predicted octanol–water partition coefficient (Wildman–Crippen LogP) is 1.62. The van der Waals surface area contributed by atoms with Crippen LogP contribution in [0.2, 0.25) is 0 Å². The van der Waals surface area contributed by atoms with Crippen LogP contribution in [0.25, 0.3) is 0 Å². The SMILES string of the molecule is CC(C)C1CCCN(C(=O)[C@H](C)N)CC1. The second-order valence-electron chi connectivity index (χ2n) is 5.05. The van der Waals surface area contributed by atoms with E-state index < -0.39 is 0 Å². The Bertz CT molecular complexity index is 214. The average molecular weight is 212 g/mol. The smallest absolute Gasteiger partial charge is 0.239 e. The predicted molar refractivity (Wildman–Crippen MR) is 62.4 cm³/mol. The highest BCUT2D eigenvalue weighted by Gasteiger charge is 2.23. The third-order valence-corrected chi connectivity index (χ3v) is 3.42. The summed E-state index contributed by atoms with van der Waals surface area (Å²) in [6.45, 7) is 8.10. The molecule has 3 nitrogen and oxygen atoms in total. The highest BCUT2D eigenvalue weighted by atomic mass is 16.2. The molecule has 1 heterocycles. The average Bonchev–Trinajstić information content (AvgIpc) is 2.41. The minimum Gasteiger partial charge on any atom is -0.341 e. The fourth-order valence-corrected chi connectivity index (χ4v) is 2.30. The van der Waals surface area contributed by atoms with Crippen LogP contribution in [0.5, 0.6) is 0 Å². The third kappa shape index (κ3) is 3.49. The fraction of sp³-hybridized carbons (Fsp3) is 0.917. The Hall–Kier alpha value is -0.570. The molecule has 1 aliphatic rings. The summed E-state index contributed by atoms with van der Waals surface area (Å²) in [6.07, 6.45) is 3.51. The number of carbonyl (C=O) groups is 1. The lowest BCUT2D eigenvalue weighted by atomic mass is 9.89. The summed E-state index contributed by atoms with van der Waals surface area (Å²) in [6, 6.07) is -0.347. The first-order chi connectivity index (χ1) is 7.02. The summed E-state index contributed by atoms with van der Waals surface area (Å²) < 4.78 is 0. The van der Waals surface area contributed by atoms with E-state index in [1.807, 2.05) is 4.90 Å². The van der Waals surface area contributed by atoms with Gasteiger partial charge in [-0.3, -0.25) is 4.79 Å². The Balaban J connectivity index is 2.49. The number of carbonyl (C=O) groups excluding carboxylic acids is 1. The van der Waals surface area contributed by atoms with Gasteiger partial charge in [0.25, 0.3) is 0 Å². The maximum atomic E-state index is 11.7. The van der Waals surface area contributed by atoms with Crippen molar-refractivity contribution in [1.29, 1.82) is 0 Å². The summed E-state index contributed by atoms with van der Waals surface area (Å²) in [5, 5.41) is 0. The molecular formula is C12H24N2O. The van der Waals surface area contributed by atoms with Crippen molar-refractivity contribution in [3.63, 3.8) is 0 Å². The van der Waals surface area contributed by atoms with E-state index in [9.17, 15) is 4.79 Å². The van der Waals surface area contributed by atoms with Crippen LogP contribution in [-0.2, 0) is 4.79 Å². The van der Waals surface area contributed by atoms with Gasteiger partial charge in [0.2, 0.25) is 5.91 Å². The van der Waals surface area contributed by atoms with E-state index >= 15 is 0 Å². The quantitative estimate of drug-likeness (QED) is 0.756. The molecule has 0 bridgehead atoms. The maximum Gasteiger partial charge on any atom is 0.239 e. The van der Waals surface area contributed by atoms with Crippen molar-refractivity contribution < 1.29 is 4.79 Å². The van der Waals surface area contributed by atoms with E-state index in [0.717, 1.165) is 37.8 Å². The minimum atomic E-state index is -0.347. The van der Waals surface area contributed by atoms with Crippen LogP contribution >= 0.6 is 0 Å². The van der Waals surface area contributed by atoms with Crippen molar-refractivity contribution in [2.75, 3.05) is 13.1 Å². The number of nitrogens with zero attached hydrogens (tertiary/aromatic N) is 1. The van der Waals surface area contributed by atoms with Gasteiger partial charge >= 0.3 is 0 Å². The van der Waals surface area contributed by atoms with E-state index in [2.05, 4.69) is 13.8 Å². The lowest BCUT2D eigenvalue weighted by Gasteiger charge is -2.23. The molecule has 2 N–H and O–H groups in total. The van der Waals surface area contributed by atoms with Gasteiger partial charge in [0.05, 0.1) is 6.04 Å². The van der Waals surface area contributed by atoms with Crippen LogP contribution in [-0.4, -0.2) is 29.9 Å². The van der Waals surface area contributed by atoms with E-state index in [1.54, 1.807) is 6.92 Å². The molecule has 1 fully saturated rings. The summed E-state index contributed by atoms with van der Waals surface area (Å²) in [5.41, 5.74) is 5.62. The van der Waals surface area contributed by atoms with Crippen LogP contribution < -0.4 is 5.73 Å². The molecule has 3 heteroatoms. The molecule has 88 valence electrons. The van der Waals surface area contributed by atoms with Crippen molar-refractivity contribution in [3.8, 4) is 0 Å². The molecule has 1 unspecified atom stereocenters. The lowest BCUT2D eigenvalue weighted by Crippen LogP contribution is -2.42. The zero-order valence-electron chi connectivity index (χ0n) is 10.2. The number of hydrogen-bond acceptors (Lipinski definition) is 2. The first kappa shape index (κ1) is 12.5. The van der Waals surface area contributed by atoms with Crippen molar-refractivity contribution in [3.05, 3.63) is 0 Å². The first-order valence-electron chi connectivity index (χ1n) is 6.06. The molecule has 0 saturated carbocycles. The van der Waals surface area contributed by atoms with Gasteiger partial charge in [-0.1, -0.05) is 13.8 Å². The van der Waals surface area contributed by atoms with Crippen molar-refractivity contribution in [1.82, 2.24) is 4.90 Å². The second kappa shape index (κ2) is 5.50. The van der Waals surface area contributed by atoms with Crippen molar-refractivity contribution in [2.45, 2.75) is 46.1 Å². The summed E-state index contributed by atoms with van der Waals surface area (Å²) >= 11 is 0. The van der Waals surface area contributed by atoms with Crippen LogP contribution in [0.15, 0.2) is 0 Å². The molecule has 15 heavy (non-hydrogen) atoms. The molecule has 0 aliphatic carbocycles. The Morgan fingerprint density at radius 3 is 2.47 bits per heavy atom. The molecule has 0 radical (unpaired) electrons. The van der Waals surface area contributed by atoms with Gasteiger partial charge in [-0.05, 0) is 38.0 Å². The van der Waals surface area contributed by atoms with Gasteiger partial charge in [-0.2, -0.15) is 0 Å². The molecular weight excluding hydrogens is 188 g/mol. The largest absolute Gasteiger partial charge is 0.341 e.